The van der Waals surface area contributed by atoms with Gasteiger partial charge in [-0.3, -0.25) is 9.97 Å². The van der Waals surface area contributed by atoms with Gasteiger partial charge in [0.25, 0.3) is 0 Å². The molecule has 11 heteroatoms. The van der Waals surface area contributed by atoms with Gasteiger partial charge in [0.05, 0.1) is 23.8 Å². The molecule has 8 nitrogen and oxygen atoms in total. The van der Waals surface area contributed by atoms with Crippen LogP contribution < -0.4 is 11.5 Å². The molecule has 0 aliphatic rings. The van der Waals surface area contributed by atoms with Crippen LogP contribution in [0.2, 0.25) is 0 Å². The predicted molar refractivity (Wildman–Crippen MR) is 102 cm³/mol. The third-order valence-electron chi connectivity index (χ3n) is 2.07. The van der Waals surface area contributed by atoms with Crippen LogP contribution in [0.3, 0.4) is 0 Å². The minimum absolute atomic E-state index is 0. The minimum Gasteiger partial charge on any atom is -0.741 e. The van der Waals surface area contributed by atoms with Crippen LogP contribution in [-0.2, 0) is 46.3 Å². The van der Waals surface area contributed by atoms with Gasteiger partial charge in [0, 0.05) is 12.4 Å². The summed E-state index contributed by atoms with van der Waals surface area (Å²) in [6.07, 6.45) is 6.31. The van der Waals surface area contributed by atoms with E-state index < -0.39 is 0 Å². The minimum atomic E-state index is 0. The summed E-state index contributed by atoms with van der Waals surface area (Å²) >= 11 is 8.98. The van der Waals surface area contributed by atoms with Crippen molar-refractivity contribution < 1.29 is 21.1 Å². The Labute approximate surface area is 170 Å². The van der Waals surface area contributed by atoms with E-state index in [-0.39, 0.29) is 31.4 Å². The molecule has 2 aromatic heterocycles. The van der Waals surface area contributed by atoms with Crippen molar-refractivity contribution >= 4 is 48.0 Å². The molecule has 0 aliphatic heterocycles. The van der Waals surface area contributed by atoms with Crippen LogP contribution in [0, 0.1) is 0 Å². The topological polar surface area (TPSA) is 127 Å². The molecule has 25 heavy (non-hydrogen) atoms. The van der Waals surface area contributed by atoms with E-state index >= 15 is 0 Å². The zero-order valence-electron chi connectivity index (χ0n) is 12.7. The third-order valence-corrected chi connectivity index (χ3v) is 2.23. The van der Waals surface area contributed by atoms with Crippen molar-refractivity contribution in [2.24, 2.45) is 31.9 Å². The fourth-order valence-corrected chi connectivity index (χ4v) is 1.29. The normalized spacial score (nSPS) is 11.7. The van der Waals surface area contributed by atoms with E-state index in [4.69, 9.17) is 11.5 Å². The van der Waals surface area contributed by atoms with E-state index in [1.807, 2.05) is 24.3 Å². The number of amidine groups is 2. The van der Waals surface area contributed by atoms with Crippen molar-refractivity contribution in [2.45, 2.75) is 0 Å². The molecule has 2 aromatic rings. The molecule has 132 valence electrons. The maximum atomic E-state index is 5.09. The SMILES string of the molecule is N/C([S-])=N\N=C/c1ccccn1.N/C([S-])=N\N=C/c1ccccn1.[Pt+2]. The molecule has 0 bridgehead atoms. The number of pyridine rings is 2. The Kier molecular flexibility index (Phi) is 12.8. The molecule has 0 spiro atoms. The van der Waals surface area contributed by atoms with Gasteiger partial charge in [-0.15, -0.1) is 0 Å². The maximum Gasteiger partial charge on any atom is 2.00 e. The Bertz CT molecular complexity index is 649. The van der Waals surface area contributed by atoms with E-state index in [2.05, 4.69) is 55.6 Å². The van der Waals surface area contributed by atoms with E-state index in [0.717, 1.165) is 11.4 Å². The summed E-state index contributed by atoms with van der Waals surface area (Å²) in [6, 6.07) is 11.0. The maximum absolute atomic E-state index is 5.09. The molecule has 0 saturated carbocycles. The smallest absolute Gasteiger partial charge is 0.741 e. The van der Waals surface area contributed by atoms with Gasteiger partial charge in [-0.1, -0.05) is 12.1 Å². The first-order valence-electron chi connectivity index (χ1n) is 6.47. The van der Waals surface area contributed by atoms with Gasteiger partial charge in [-0.2, -0.15) is 20.4 Å². The zero-order chi connectivity index (χ0) is 17.6. The van der Waals surface area contributed by atoms with Crippen LogP contribution in [0.4, 0.5) is 0 Å². The molecule has 4 N–H and O–H groups in total. The Morgan fingerprint density at radius 1 is 0.800 bits per heavy atom. The summed E-state index contributed by atoms with van der Waals surface area (Å²) < 4.78 is 0. The molecular formula is C14H14N8PtS2. The molecular weight excluding hydrogens is 539 g/mol. The molecule has 0 amide bonds. The predicted octanol–water partition coefficient (Wildman–Crippen LogP) is 0.552. The van der Waals surface area contributed by atoms with Gasteiger partial charge in [-0.25, -0.2) is 0 Å². The van der Waals surface area contributed by atoms with Crippen molar-refractivity contribution in [3.8, 4) is 0 Å². The fourth-order valence-electron chi connectivity index (χ4n) is 1.19. The second kappa shape index (κ2) is 14.1. The quantitative estimate of drug-likeness (QED) is 0.247. The number of nitrogens with two attached hydrogens (primary N) is 2. The summed E-state index contributed by atoms with van der Waals surface area (Å²) in [5, 5.41) is 14.2. The summed E-state index contributed by atoms with van der Waals surface area (Å²) in [5.41, 5.74) is 11.6. The van der Waals surface area contributed by atoms with Gasteiger partial charge < -0.3 is 36.7 Å². The molecule has 0 unspecified atom stereocenters. The molecule has 0 aliphatic carbocycles. The Morgan fingerprint density at radius 2 is 1.20 bits per heavy atom. The first-order valence-corrected chi connectivity index (χ1v) is 7.28. The molecule has 0 saturated heterocycles. The summed E-state index contributed by atoms with van der Waals surface area (Å²) in [5.74, 6) is 0. The average molecular weight is 554 g/mol. The van der Waals surface area contributed by atoms with E-state index in [0.29, 0.717) is 0 Å². The number of nitrogens with zero attached hydrogens (tertiary/aromatic N) is 6. The number of rotatable bonds is 4. The molecule has 0 aromatic carbocycles. The molecule has 2 heterocycles. The van der Waals surface area contributed by atoms with Crippen LogP contribution in [0.1, 0.15) is 11.4 Å². The number of hydrogen-bond acceptors (Lipinski definition) is 8. The second-order valence-electron chi connectivity index (χ2n) is 3.87. The van der Waals surface area contributed by atoms with Crippen molar-refractivity contribution in [1.29, 1.82) is 0 Å². The van der Waals surface area contributed by atoms with Crippen LogP contribution in [-0.4, -0.2) is 32.7 Å². The molecule has 2 rings (SSSR count). The zero-order valence-corrected chi connectivity index (χ0v) is 16.6. The van der Waals surface area contributed by atoms with Gasteiger partial charge in [-0.05, 0) is 34.6 Å². The Hall–Kier alpha value is -2.29. The van der Waals surface area contributed by atoms with E-state index in [1.165, 1.54) is 12.4 Å². The summed E-state index contributed by atoms with van der Waals surface area (Å²) in [4.78, 5) is 7.96. The molecule has 0 atom stereocenters. The Balaban J connectivity index is 0.000000443. The van der Waals surface area contributed by atoms with Gasteiger partial charge in [0.15, 0.2) is 0 Å². The van der Waals surface area contributed by atoms with Crippen LogP contribution >= 0.6 is 0 Å². The van der Waals surface area contributed by atoms with Crippen LogP contribution in [0.15, 0.2) is 69.2 Å². The third kappa shape index (κ3) is 12.8. The molecule has 0 radical (unpaired) electrons. The number of hydrogen-bond donors (Lipinski definition) is 2. The monoisotopic (exact) mass is 553 g/mol. The van der Waals surface area contributed by atoms with Crippen LogP contribution in [0.5, 0.6) is 0 Å². The number of aromatic nitrogens is 2. The van der Waals surface area contributed by atoms with E-state index in [9.17, 15) is 0 Å². The van der Waals surface area contributed by atoms with Gasteiger partial charge in [0.1, 0.15) is 0 Å². The van der Waals surface area contributed by atoms with E-state index in [1.54, 1.807) is 24.5 Å². The average Bonchev–Trinajstić information content (AvgIpc) is 2.57. The first kappa shape index (κ1) is 22.7. The van der Waals surface area contributed by atoms with Gasteiger partial charge in [0.2, 0.25) is 0 Å². The van der Waals surface area contributed by atoms with Crippen molar-refractivity contribution in [2.75, 3.05) is 0 Å². The first-order chi connectivity index (χ1) is 11.6. The Morgan fingerprint density at radius 3 is 1.48 bits per heavy atom. The van der Waals surface area contributed by atoms with Crippen LogP contribution in [0.25, 0.3) is 0 Å². The summed E-state index contributed by atoms with van der Waals surface area (Å²) in [7, 11) is 0. The fraction of sp³-hybridized carbons (Fsp3) is 0. The standard InChI is InChI=1S/2C7H8N4S.Pt/c2*8-7(12)11-10-5-6-3-1-2-4-9-6;/h2*1-5H,(H3,8,11,12);/q;;+2/p-2/b2*10-5-;. The molecule has 0 fully saturated rings. The van der Waals surface area contributed by atoms with Gasteiger partial charge >= 0.3 is 21.1 Å². The second-order valence-corrected chi connectivity index (χ2v) is 4.71. The largest absolute Gasteiger partial charge is 2.00 e. The van der Waals surface area contributed by atoms with Crippen molar-refractivity contribution in [1.82, 2.24) is 9.97 Å². The summed E-state index contributed by atoms with van der Waals surface area (Å²) in [6.45, 7) is 0. The van der Waals surface area contributed by atoms with Crippen molar-refractivity contribution in [3.63, 3.8) is 0 Å². The van der Waals surface area contributed by atoms with Crippen molar-refractivity contribution in [3.05, 3.63) is 60.2 Å².